The van der Waals surface area contributed by atoms with Gasteiger partial charge < -0.3 is 0 Å². The lowest BCUT2D eigenvalue weighted by molar-refractivity contribution is 0.811. The maximum Gasteiger partial charge on any atom is 0.145 e. The molecule has 0 aliphatic carbocycles. The average molecular weight is 637 g/mol. The molecule has 0 saturated carbocycles. The van der Waals surface area contributed by atoms with E-state index < -0.39 is 0 Å². The van der Waals surface area contributed by atoms with E-state index in [1.165, 1.54) is 27.9 Å². The van der Waals surface area contributed by atoms with Crippen molar-refractivity contribution in [3.05, 3.63) is 168 Å². The number of aromatic nitrogens is 4. The highest BCUT2D eigenvalue weighted by atomic mass is 15.1. The molecule has 240 valence electrons. The van der Waals surface area contributed by atoms with Gasteiger partial charge in [0, 0.05) is 16.8 Å². The predicted octanol–water partition coefficient (Wildman–Crippen LogP) is 11.5. The standard InChI is InChI=1S/C45H40N4/c1-30(2)37-21-14-22-38(31(3)4)43(37)49-42-26-11-9-24-40(42)47-45(49)35-18-13-16-33(29-35)27-32-15-12-17-34(28-32)44-46-39-23-8-10-25-41(39)48(44)36-19-6-5-7-20-36/h5-26,28-31H,27H2,1-4H3. The third-order valence-electron chi connectivity index (χ3n) is 9.48. The number of fused-ring (bicyclic) bond motifs is 2. The number of imidazole rings is 2. The van der Waals surface area contributed by atoms with Crippen molar-refractivity contribution in [3.63, 3.8) is 0 Å². The molecule has 0 radical (unpaired) electrons. The number of rotatable bonds is 8. The fourth-order valence-corrected chi connectivity index (χ4v) is 7.15. The Morgan fingerprint density at radius 3 is 1.49 bits per heavy atom. The summed E-state index contributed by atoms with van der Waals surface area (Å²) in [6.45, 7) is 9.13. The molecule has 0 unspecified atom stereocenters. The van der Waals surface area contributed by atoms with Gasteiger partial charge in [0.1, 0.15) is 11.6 Å². The average Bonchev–Trinajstić information content (AvgIpc) is 3.71. The molecule has 49 heavy (non-hydrogen) atoms. The molecular weight excluding hydrogens is 597 g/mol. The molecule has 8 rings (SSSR count). The Morgan fingerprint density at radius 1 is 0.469 bits per heavy atom. The molecule has 0 saturated heterocycles. The van der Waals surface area contributed by atoms with Gasteiger partial charge in [-0.15, -0.1) is 0 Å². The molecule has 0 bridgehead atoms. The molecule has 4 heteroatoms. The maximum atomic E-state index is 5.27. The Labute approximate surface area is 288 Å². The normalized spacial score (nSPS) is 11.7. The minimum absolute atomic E-state index is 0.372. The minimum atomic E-state index is 0.372. The summed E-state index contributed by atoms with van der Waals surface area (Å²) in [5, 5.41) is 0. The van der Waals surface area contributed by atoms with Crippen molar-refractivity contribution < 1.29 is 0 Å². The minimum Gasteiger partial charge on any atom is -0.292 e. The van der Waals surface area contributed by atoms with E-state index in [0.29, 0.717) is 11.8 Å². The van der Waals surface area contributed by atoms with Gasteiger partial charge in [-0.3, -0.25) is 9.13 Å². The van der Waals surface area contributed by atoms with Gasteiger partial charge in [-0.25, -0.2) is 9.97 Å². The van der Waals surface area contributed by atoms with Gasteiger partial charge in [0.05, 0.1) is 27.8 Å². The van der Waals surface area contributed by atoms with Crippen molar-refractivity contribution in [2.75, 3.05) is 0 Å². The Bertz CT molecular complexity index is 2400. The molecule has 6 aromatic carbocycles. The van der Waals surface area contributed by atoms with Crippen molar-refractivity contribution in [2.45, 2.75) is 46.0 Å². The van der Waals surface area contributed by atoms with E-state index in [2.05, 4.69) is 182 Å². The Kier molecular flexibility index (Phi) is 7.93. The van der Waals surface area contributed by atoms with Crippen LogP contribution in [0.2, 0.25) is 0 Å². The molecule has 0 atom stereocenters. The highest BCUT2D eigenvalue weighted by molar-refractivity contribution is 5.85. The third kappa shape index (κ3) is 5.63. The van der Waals surface area contributed by atoms with Crippen LogP contribution in [0.4, 0.5) is 0 Å². The van der Waals surface area contributed by atoms with Crippen LogP contribution in [0.3, 0.4) is 0 Å². The molecular formula is C45H40N4. The maximum absolute atomic E-state index is 5.27. The summed E-state index contributed by atoms with van der Waals surface area (Å²) in [6, 6.07) is 51.9. The summed E-state index contributed by atoms with van der Waals surface area (Å²) >= 11 is 0. The number of para-hydroxylation sites is 6. The summed E-state index contributed by atoms with van der Waals surface area (Å²) in [6.07, 6.45) is 0.799. The quantitative estimate of drug-likeness (QED) is 0.166. The summed E-state index contributed by atoms with van der Waals surface area (Å²) in [5.41, 5.74) is 14.0. The van der Waals surface area contributed by atoms with Crippen molar-refractivity contribution in [3.8, 4) is 34.2 Å². The molecule has 0 aliphatic heterocycles. The van der Waals surface area contributed by atoms with E-state index in [9.17, 15) is 0 Å². The van der Waals surface area contributed by atoms with Crippen LogP contribution in [0.1, 0.15) is 61.8 Å². The lowest BCUT2D eigenvalue weighted by atomic mass is 9.92. The van der Waals surface area contributed by atoms with Crippen molar-refractivity contribution in [2.24, 2.45) is 0 Å². The van der Waals surface area contributed by atoms with Crippen molar-refractivity contribution >= 4 is 22.1 Å². The molecule has 0 spiro atoms. The molecule has 0 fully saturated rings. The largest absolute Gasteiger partial charge is 0.292 e. The van der Waals surface area contributed by atoms with Gasteiger partial charge in [-0.1, -0.05) is 125 Å². The summed E-state index contributed by atoms with van der Waals surface area (Å²) < 4.78 is 4.67. The van der Waals surface area contributed by atoms with E-state index >= 15 is 0 Å². The third-order valence-corrected chi connectivity index (χ3v) is 9.48. The van der Waals surface area contributed by atoms with Crippen LogP contribution in [0, 0.1) is 0 Å². The lowest BCUT2D eigenvalue weighted by Crippen LogP contribution is -2.08. The van der Waals surface area contributed by atoms with Gasteiger partial charge in [0.15, 0.2) is 0 Å². The molecule has 0 aliphatic rings. The van der Waals surface area contributed by atoms with Gasteiger partial charge in [-0.2, -0.15) is 0 Å². The van der Waals surface area contributed by atoms with Gasteiger partial charge in [0.25, 0.3) is 0 Å². The lowest BCUT2D eigenvalue weighted by Gasteiger charge is -2.22. The number of hydrogen-bond acceptors (Lipinski definition) is 2. The van der Waals surface area contributed by atoms with Gasteiger partial charge in [0.2, 0.25) is 0 Å². The zero-order valence-electron chi connectivity index (χ0n) is 28.5. The van der Waals surface area contributed by atoms with Crippen LogP contribution in [0.5, 0.6) is 0 Å². The van der Waals surface area contributed by atoms with Crippen molar-refractivity contribution in [1.82, 2.24) is 19.1 Å². The number of nitrogens with zero attached hydrogens (tertiary/aromatic N) is 4. The molecule has 0 N–H and O–H groups in total. The Balaban J connectivity index is 1.21. The van der Waals surface area contributed by atoms with Crippen molar-refractivity contribution in [1.29, 1.82) is 0 Å². The predicted molar refractivity (Wildman–Crippen MR) is 204 cm³/mol. The first-order valence-electron chi connectivity index (χ1n) is 17.3. The zero-order chi connectivity index (χ0) is 33.5. The summed E-state index contributed by atoms with van der Waals surface area (Å²) in [5.74, 6) is 2.66. The molecule has 4 nitrogen and oxygen atoms in total. The van der Waals surface area contributed by atoms with Gasteiger partial charge >= 0.3 is 0 Å². The topological polar surface area (TPSA) is 35.6 Å². The van der Waals surface area contributed by atoms with Crippen LogP contribution in [-0.2, 0) is 6.42 Å². The fourth-order valence-electron chi connectivity index (χ4n) is 7.15. The smallest absolute Gasteiger partial charge is 0.145 e. The Morgan fingerprint density at radius 2 is 0.939 bits per heavy atom. The van der Waals surface area contributed by atoms with Crippen LogP contribution < -0.4 is 0 Å². The van der Waals surface area contributed by atoms with E-state index in [0.717, 1.165) is 57.0 Å². The second-order valence-corrected chi connectivity index (χ2v) is 13.5. The second-order valence-electron chi connectivity index (χ2n) is 13.5. The van der Waals surface area contributed by atoms with Crippen LogP contribution in [0.25, 0.3) is 56.2 Å². The highest BCUT2D eigenvalue weighted by Gasteiger charge is 2.22. The molecule has 2 aromatic heterocycles. The molecule has 2 heterocycles. The highest BCUT2D eigenvalue weighted by Crippen LogP contribution is 2.37. The van der Waals surface area contributed by atoms with E-state index in [1.54, 1.807) is 0 Å². The van der Waals surface area contributed by atoms with Crippen LogP contribution in [-0.4, -0.2) is 19.1 Å². The van der Waals surface area contributed by atoms with E-state index in [4.69, 9.17) is 9.97 Å². The van der Waals surface area contributed by atoms with Crippen LogP contribution in [0.15, 0.2) is 146 Å². The first-order valence-corrected chi connectivity index (χ1v) is 17.3. The number of benzene rings is 6. The van der Waals surface area contributed by atoms with Crippen LogP contribution >= 0.6 is 0 Å². The van der Waals surface area contributed by atoms with E-state index in [1.807, 2.05) is 0 Å². The SMILES string of the molecule is CC(C)c1cccc(C(C)C)c1-n1c(-c2cccc(Cc3cccc(-c4nc5ccccc5n4-c4ccccc4)c3)c2)nc2ccccc21. The molecule has 0 amide bonds. The zero-order valence-corrected chi connectivity index (χ0v) is 28.5. The fraction of sp³-hybridized carbons (Fsp3) is 0.156. The van der Waals surface area contributed by atoms with E-state index in [-0.39, 0.29) is 0 Å². The number of hydrogen-bond donors (Lipinski definition) is 0. The monoisotopic (exact) mass is 636 g/mol. The summed E-state index contributed by atoms with van der Waals surface area (Å²) in [4.78, 5) is 10.4. The first kappa shape index (κ1) is 30.6. The Hall–Kier alpha value is -5.74. The summed E-state index contributed by atoms with van der Waals surface area (Å²) in [7, 11) is 0. The first-order chi connectivity index (χ1) is 24.0. The second kappa shape index (κ2) is 12.7. The van der Waals surface area contributed by atoms with Gasteiger partial charge in [-0.05, 0) is 89.0 Å². The molecule has 8 aromatic rings.